The van der Waals surface area contributed by atoms with Gasteiger partial charge in [-0.05, 0) is 40.4 Å². The number of rotatable bonds is 4. The Morgan fingerprint density at radius 3 is 2.35 bits per heavy atom. The maximum absolute atomic E-state index is 11.1. The number of halogens is 1. The zero-order valence-corrected chi connectivity index (χ0v) is 12.0. The van der Waals surface area contributed by atoms with Crippen molar-refractivity contribution in [2.75, 3.05) is 7.11 Å². The fourth-order valence-electron chi connectivity index (χ4n) is 1.64. The van der Waals surface area contributed by atoms with E-state index in [0.717, 1.165) is 10.0 Å². The lowest BCUT2D eigenvalue weighted by molar-refractivity contribution is -0.138. The van der Waals surface area contributed by atoms with Gasteiger partial charge >= 0.3 is 5.97 Å². The van der Waals surface area contributed by atoms with Crippen molar-refractivity contribution in [2.45, 2.75) is 32.6 Å². The summed E-state index contributed by atoms with van der Waals surface area (Å²) in [6.45, 7) is 5.81. The largest absolute Gasteiger partial charge is 0.495 e. The van der Waals surface area contributed by atoms with Gasteiger partial charge in [-0.15, -0.1) is 0 Å². The van der Waals surface area contributed by atoms with Crippen LogP contribution in [0.4, 0.5) is 0 Å². The normalized spacial score (nSPS) is 12.6. The third kappa shape index (κ3) is 3.00. The first-order chi connectivity index (χ1) is 7.88. The van der Waals surface area contributed by atoms with E-state index in [2.05, 4.69) is 29.8 Å². The molecule has 0 bridgehead atoms. The highest BCUT2D eigenvalue weighted by Gasteiger charge is 2.21. The Morgan fingerprint density at radius 2 is 1.94 bits per heavy atom. The van der Waals surface area contributed by atoms with Gasteiger partial charge in [-0.2, -0.15) is 0 Å². The fraction of sp³-hybridized carbons (Fsp3) is 0.462. The van der Waals surface area contributed by atoms with Crippen molar-refractivity contribution >= 4 is 21.9 Å². The Hall–Kier alpha value is -1.03. The first-order valence-corrected chi connectivity index (χ1v) is 6.27. The Balaban J connectivity index is 3.38. The summed E-state index contributed by atoms with van der Waals surface area (Å²) < 4.78 is 6.07. The minimum absolute atomic E-state index is 0.344. The molecule has 94 valence electrons. The van der Waals surface area contributed by atoms with Gasteiger partial charge in [0.1, 0.15) is 5.75 Å². The molecule has 0 aliphatic carbocycles. The van der Waals surface area contributed by atoms with E-state index in [1.165, 1.54) is 0 Å². The van der Waals surface area contributed by atoms with Crippen molar-refractivity contribution in [2.24, 2.45) is 0 Å². The van der Waals surface area contributed by atoms with Gasteiger partial charge in [0.05, 0.1) is 17.5 Å². The molecule has 0 fully saturated rings. The molecule has 0 saturated heterocycles. The standard InChI is InChI=1S/C13H17BrO3/c1-7(2)9-5-10(8(3)13(15)16)12(17-4)11(14)6-9/h5-8H,1-4H3,(H,15,16). The van der Waals surface area contributed by atoms with Gasteiger partial charge in [0.2, 0.25) is 0 Å². The summed E-state index contributed by atoms with van der Waals surface area (Å²) in [5.74, 6) is -0.489. The zero-order valence-electron chi connectivity index (χ0n) is 10.5. The molecule has 4 heteroatoms. The van der Waals surface area contributed by atoms with Gasteiger partial charge in [-0.25, -0.2) is 0 Å². The Labute approximate surface area is 110 Å². The highest BCUT2D eigenvalue weighted by Crippen LogP contribution is 2.37. The third-order valence-corrected chi connectivity index (χ3v) is 3.39. The monoisotopic (exact) mass is 300 g/mol. The molecular weight excluding hydrogens is 284 g/mol. The number of aliphatic carboxylic acids is 1. The van der Waals surface area contributed by atoms with Crippen LogP contribution in [0.1, 0.15) is 43.7 Å². The number of ether oxygens (including phenoxy) is 1. The first kappa shape index (κ1) is 14.0. The number of benzene rings is 1. The third-order valence-electron chi connectivity index (χ3n) is 2.80. The van der Waals surface area contributed by atoms with E-state index in [4.69, 9.17) is 9.84 Å². The average Bonchev–Trinajstić information content (AvgIpc) is 2.26. The molecule has 1 unspecified atom stereocenters. The van der Waals surface area contributed by atoms with E-state index >= 15 is 0 Å². The van der Waals surface area contributed by atoms with Crippen LogP contribution in [0.2, 0.25) is 0 Å². The second-order valence-corrected chi connectivity index (χ2v) is 5.19. The van der Waals surface area contributed by atoms with Crippen LogP contribution >= 0.6 is 15.9 Å². The molecule has 0 spiro atoms. The molecule has 1 aromatic carbocycles. The van der Waals surface area contributed by atoms with Crippen molar-refractivity contribution in [1.82, 2.24) is 0 Å². The fourth-order valence-corrected chi connectivity index (χ4v) is 2.30. The molecule has 0 aromatic heterocycles. The van der Waals surface area contributed by atoms with Crippen LogP contribution in [0.25, 0.3) is 0 Å². The van der Waals surface area contributed by atoms with Crippen molar-refractivity contribution < 1.29 is 14.6 Å². The maximum atomic E-state index is 11.1. The lowest BCUT2D eigenvalue weighted by Crippen LogP contribution is -2.10. The Bertz CT molecular complexity index is 427. The molecule has 1 rings (SSSR count). The van der Waals surface area contributed by atoms with E-state index in [0.29, 0.717) is 17.2 Å². The molecule has 0 aliphatic rings. The lowest BCUT2D eigenvalue weighted by atomic mass is 9.94. The quantitative estimate of drug-likeness (QED) is 0.921. The predicted octanol–water partition coefficient (Wildman–Crippen LogP) is 3.77. The van der Waals surface area contributed by atoms with E-state index in [1.807, 2.05) is 12.1 Å². The number of carboxylic acids is 1. The first-order valence-electron chi connectivity index (χ1n) is 5.48. The maximum Gasteiger partial charge on any atom is 0.310 e. The van der Waals surface area contributed by atoms with E-state index < -0.39 is 11.9 Å². The molecule has 0 saturated carbocycles. The topological polar surface area (TPSA) is 46.5 Å². The lowest BCUT2D eigenvalue weighted by Gasteiger charge is -2.17. The van der Waals surface area contributed by atoms with Crippen LogP contribution in [-0.2, 0) is 4.79 Å². The van der Waals surface area contributed by atoms with Gasteiger partial charge in [0.25, 0.3) is 0 Å². The summed E-state index contributed by atoms with van der Waals surface area (Å²) in [5, 5.41) is 9.10. The van der Waals surface area contributed by atoms with Gasteiger partial charge in [-0.1, -0.05) is 19.9 Å². The van der Waals surface area contributed by atoms with Crippen LogP contribution in [0, 0.1) is 0 Å². The summed E-state index contributed by atoms with van der Waals surface area (Å²) in [7, 11) is 1.55. The van der Waals surface area contributed by atoms with E-state index in [9.17, 15) is 4.79 Å². The predicted molar refractivity (Wildman–Crippen MR) is 70.8 cm³/mol. The highest BCUT2D eigenvalue weighted by molar-refractivity contribution is 9.10. The van der Waals surface area contributed by atoms with Crippen LogP contribution in [-0.4, -0.2) is 18.2 Å². The summed E-state index contributed by atoms with van der Waals surface area (Å²) in [5.41, 5.74) is 1.80. The Kier molecular flexibility index (Phi) is 4.57. The van der Waals surface area contributed by atoms with Gasteiger partial charge in [-0.3, -0.25) is 4.79 Å². The van der Waals surface area contributed by atoms with Gasteiger partial charge < -0.3 is 9.84 Å². The number of hydrogen-bond donors (Lipinski definition) is 1. The van der Waals surface area contributed by atoms with Crippen LogP contribution in [0.5, 0.6) is 5.75 Å². The molecule has 1 N–H and O–H groups in total. The van der Waals surface area contributed by atoms with Gasteiger partial charge in [0, 0.05) is 5.56 Å². The number of hydrogen-bond acceptors (Lipinski definition) is 2. The molecule has 0 amide bonds. The average molecular weight is 301 g/mol. The molecule has 0 radical (unpaired) electrons. The molecule has 0 aliphatic heterocycles. The SMILES string of the molecule is COc1c(Br)cc(C(C)C)cc1C(C)C(=O)O. The number of carbonyl (C=O) groups is 1. The number of carboxylic acid groups (broad SMARTS) is 1. The molecule has 1 aromatic rings. The number of methoxy groups -OCH3 is 1. The zero-order chi connectivity index (χ0) is 13.2. The highest BCUT2D eigenvalue weighted by atomic mass is 79.9. The summed E-state index contributed by atoms with van der Waals surface area (Å²) in [6, 6.07) is 3.88. The van der Waals surface area contributed by atoms with E-state index in [1.54, 1.807) is 14.0 Å². The van der Waals surface area contributed by atoms with Crippen molar-refractivity contribution in [3.63, 3.8) is 0 Å². The minimum Gasteiger partial charge on any atom is -0.495 e. The van der Waals surface area contributed by atoms with Crippen LogP contribution < -0.4 is 4.74 Å². The smallest absolute Gasteiger partial charge is 0.310 e. The second kappa shape index (κ2) is 5.54. The summed E-state index contributed by atoms with van der Waals surface area (Å²) in [6.07, 6.45) is 0. The second-order valence-electron chi connectivity index (χ2n) is 4.34. The molecule has 3 nitrogen and oxygen atoms in total. The van der Waals surface area contributed by atoms with Crippen LogP contribution in [0.3, 0.4) is 0 Å². The minimum atomic E-state index is -0.851. The summed E-state index contributed by atoms with van der Waals surface area (Å²) in [4.78, 5) is 11.1. The molecule has 1 atom stereocenters. The van der Waals surface area contributed by atoms with Gasteiger partial charge in [0.15, 0.2) is 0 Å². The van der Waals surface area contributed by atoms with Crippen molar-refractivity contribution in [3.8, 4) is 5.75 Å². The van der Waals surface area contributed by atoms with Crippen molar-refractivity contribution in [3.05, 3.63) is 27.7 Å². The molecule has 17 heavy (non-hydrogen) atoms. The van der Waals surface area contributed by atoms with Crippen molar-refractivity contribution in [1.29, 1.82) is 0 Å². The van der Waals surface area contributed by atoms with E-state index in [-0.39, 0.29) is 0 Å². The Morgan fingerprint density at radius 1 is 1.35 bits per heavy atom. The van der Waals surface area contributed by atoms with Crippen LogP contribution in [0.15, 0.2) is 16.6 Å². The molecular formula is C13H17BrO3. The molecule has 0 heterocycles. The summed E-state index contributed by atoms with van der Waals surface area (Å²) >= 11 is 3.43.